The lowest BCUT2D eigenvalue weighted by atomic mass is 9.97. The summed E-state index contributed by atoms with van der Waals surface area (Å²) in [5, 5.41) is 6.73. The number of aromatic nitrogens is 2. The van der Waals surface area contributed by atoms with Gasteiger partial charge < -0.3 is 10.6 Å². The van der Waals surface area contributed by atoms with Crippen LogP contribution in [-0.2, 0) is 0 Å². The molecule has 0 saturated carbocycles. The number of benzene rings is 1. The molecule has 0 amide bonds. The van der Waals surface area contributed by atoms with E-state index in [2.05, 4.69) is 33.3 Å². The number of hydrogen-bond acceptors (Lipinski definition) is 4. The van der Waals surface area contributed by atoms with E-state index in [-0.39, 0.29) is 0 Å². The second kappa shape index (κ2) is 9.02. The first-order valence-electron chi connectivity index (χ1n) is 9.06. The molecule has 25 heavy (non-hydrogen) atoms. The highest BCUT2D eigenvalue weighted by atomic mass is 15.1. The second-order valence-electron chi connectivity index (χ2n) is 6.28. The number of nitrogens with one attached hydrogen (secondary N) is 2. The summed E-state index contributed by atoms with van der Waals surface area (Å²) in [6.45, 7) is 5.33. The van der Waals surface area contributed by atoms with Crippen molar-refractivity contribution in [1.29, 1.82) is 0 Å². The minimum atomic E-state index is 0.678. The molecule has 0 aliphatic heterocycles. The van der Waals surface area contributed by atoms with Gasteiger partial charge >= 0.3 is 0 Å². The summed E-state index contributed by atoms with van der Waals surface area (Å²) in [7, 11) is 0. The highest BCUT2D eigenvalue weighted by molar-refractivity contribution is 5.61. The fraction of sp³-hybridized carbons (Fsp3) is 0.333. The van der Waals surface area contributed by atoms with E-state index in [1.54, 1.807) is 5.57 Å². The summed E-state index contributed by atoms with van der Waals surface area (Å²) in [5.41, 5.74) is 2.59. The molecule has 1 aromatic heterocycles. The third-order valence-electron chi connectivity index (χ3n) is 4.32. The third-order valence-corrected chi connectivity index (χ3v) is 4.32. The molecule has 1 aromatic carbocycles. The molecule has 2 N–H and O–H groups in total. The molecule has 0 fully saturated rings. The molecule has 0 saturated heterocycles. The van der Waals surface area contributed by atoms with Crippen LogP contribution in [0.2, 0.25) is 0 Å². The van der Waals surface area contributed by atoms with Crippen LogP contribution in [0.25, 0.3) is 11.4 Å². The van der Waals surface area contributed by atoms with Crippen LogP contribution in [-0.4, -0.2) is 23.1 Å². The van der Waals surface area contributed by atoms with Crippen LogP contribution in [0.3, 0.4) is 0 Å². The van der Waals surface area contributed by atoms with Crippen molar-refractivity contribution >= 4 is 11.6 Å². The molecule has 2 aromatic rings. The van der Waals surface area contributed by atoms with E-state index in [1.807, 2.05) is 42.5 Å². The Hall–Kier alpha value is -2.62. The van der Waals surface area contributed by atoms with E-state index in [0.717, 1.165) is 36.0 Å². The van der Waals surface area contributed by atoms with Crippen molar-refractivity contribution in [3.8, 4) is 11.4 Å². The highest BCUT2D eigenvalue weighted by Crippen LogP contribution is 2.22. The molecule has 0 radical (unpaired) electrons. The maximum Gasteiger partial charge on any atom is 0.163 e. The van der Waals surface area contributed by atoms with Crippen molar-refractivity contribution < 1.29 is 0 Å². The normalized spacial score (nSPS) is 13.8. The lowest BCUT2D eigenvalue weighted by Gasteiger charge is -2.14. The monoisotopic (exact) mass is 334 g/mol. The largest absolute Gasteiger partial charge is 0.370 e. The van der Waals surface area contributed by atoms with E-state index in [0.29, 0.717) is 6.54 Å². The minimum absolute atomic E-state index is 0.678. The van der Waals surface area contributed by atoms with Crippen LogP contribution in [0.1, 0.15) is 32.1 Å². The van der Waals surface area contributed by atoms with Crippen LogP contribution in [0.15, 0.2) is 60.7 Å². The maximum absolute atomic E-state index is 4.69. The number of anilines is 2. The second-order valence-corrected chi connectivity index (χ2v) is 6.28. The Morgan fingerprint density at radius 1 is 1.04 bits per heavy atom. The third kappa shape index (κ3) is 5.18. The lowest BCUT2D eigenvalue weighted by Crippen LogP contribution is -2.09. The van der Waals surface area contributed by atoms with Crippen LogP contribution >= 0.6 is 0 Å². The standard InChI is InChI=1S/C21H26N4/c1-2-14-22-19-16-20(23-15-13-17-9-5-3-6-10-17)25-21(24-19)18-11-7-4-8-12-18/h2,4,7-9,11-12,16H,1,3,5-6,10,13-15H2,(H2,22,23,24,25). The molecule has 0 bridgehead atoms. The Labute approximate surface area is 150 Å². The fourth-order valence-electron chi connectivity index (χ4n) is 3.00. The Bertz CT molecular complexity index is 722. The van der Waals surface area contributed by atoms with Crippen LogP contribution < -0.4 is 10.6 Å². The first-order chi connectivity index (χ1) is 12.3. The predicted molar refractivity (Wildman–Crippen MR) is 106 cm³/mol. The van der Waals surface area contributed by atoms with Crippen LogP contribution in [0.4, 0.5) is 11.6 Å². The van der Waals surface area contributed by atoms with E-state index in [1.165, 1.54) is 25.7 Å². The number of allylic oxidation sites excluding steroid dienone is 1. The summed E-state index contributed by atoms with van der Waals surface area (Å²) in [5.74, 6) is 2.40. The summed E-state index contributed by atoms with van der Waals surface area (Å²) < 4.78 is 0. The minimum Gasteiger partial charge on any atom is -0.370 e. The van der Waals surface area contributed by atoms with Gasteiger partial charge in [0.1, 0.15) is 11.6 Å². The first kappa shape index (κ1) is 17.2. The average Bonchev–Trinajstić information content (AvgIpc) is 2.68. The van der Waals surface area contributed by atoms with Gasteiger partial charge in [-0.15, -0.1) is 6.58 Å². The van der Waals surface area contributed by atoms with Gasteiger partial charge in [-0.05, 0) is 32.1 Å². The van der Waals surface area contributed by atoms with Gasteiger partial charge in [0, 0.05) is 24.7 Å². The summed E-state index contributed by atoms with van der Waals surface area (Å²) in [6, 6.07) is 12.0. The fourth-order valence-corrected chi connectivity index (χ4v) is 3.00. The van der Waals surface area contributed by atoms with E-state index in [9.17, 15) is 0 Å². The number of hydrogen-bond donors (Lipinski definition) is 2. The van der Waals surface area contributed by atoms with Gasteiger partial charge in [-0.3, -0.25) is 0 Å². The van der Waals surface area contributed by atoms with Gasteiger partial charge in [-0.1, -0.05) is 48.1 Å². The zero-order chi connectivity index (χ0) is 17.3. The molecule has 0 atom stereocenters. The van der Waals surface area contributed by atoms with Crippen LogP contribution in [0, 0.1) is 0 Å². The Kier molecular flexibility index (Phi) is 6.21. The topological polar surface area (TPSA) is 49.8 Å². The van der Waals surface area contributed by atoms with Crippen molar-refractivity contribution in [2.75, 3.05) is 23.7 Å². The molecule has 0 spiro atoms. The first-order valence-corrected chi connectivity index (χ1v) is 9.06. The molecule has 1 aliphatic rings. The number of nitrogens with zero attached hydrogens (tertiary/aromatic N) is 2. The average molecular weight is 334 g/mol. The molecule has 130 valence electrons. The Morgan fingerprint density at radius 3 is 2.56 bits per heavy atom. The van der Waals surface area contributed by atoms with Gasteiger partial charge in [-0.25, -0.2) is 9.97 Å². The molecular weight excluding hydrogens is 308 g/mol. The zero-order valence-electron chi connectivity index (χ0n) is 14.7. The molecule has 1 aliphatic carbocycles. The predicted octanol–water partition coefficient (Wildman–Crippen LogP) is 5.04. The van der Waals surface area contributed by atoms with Crippen molar-refractivity contribution in [3.05, 3.63) is 60.7 Å². The van der Waals surface area contributed by atoms with Crippen molar-refractivity contribution in [1.82, 2.24) is 9.97 Å². The van der Waals surface area contributed by atoms with Crippen molar-refractivity contribution in [2.45, 2.75) is 32.1 Å². The van der Waals surface area contributed by atoms with Gasteiger partial charge in [-0.2, -0.15) is 0 Å². The Balaban J connectivity index is 1.72. The lowest BCUT2D eigenvalue weighted by molar-refractivity contribution is 0.679. The van der Waals surface area contributed by atoms with Crippen molar-refractivity contribution in [2.24, 2.45) is 0 Å². The zero-order valence-corrected chi connectivity index (χ0v) is 14.7. The van der Waals surface area contributed by atoms with Crippen LogP contribution in [0.5, 0.6) is 0 Å². The quantitative estimate of drug-likeness (QED) is 0.664. The van der Waals surface area contributed by atoms with Gasteiger partial charge in [0.25, 0.3) is 0 Å². The molecule has 3 rings (SSSR count). The Morgan fingerprint density at radius 2 is 1.84 bits per heavy atom. The number of rotatable bonds is 8. The van der Waals surface area contributed by atoms with Gasteiger partial charge in [0.2, 0.25) is 0 Å². The maximum atomic E-state index is 4.69. The molecule has 1 heterocycles. The summed E-state index contributed by atoms with van der Waals surface area (Å²) in [6.07, 6.45) is 10.4. The van der Waals surface area contributed by atoms with E-state index in [4.69, 9.17) is 0 Å². The smallest absolute Gasteiger partial charge is 0.163 e. The SMILES string of the molecule is C=CCNc1cc(NCCC2=CCCCC2)nc(-c2ccccc2)n1. The molecule has 4 heteroatoms. The van der Waals surface area contributed by atoms with E-state index < -0.39 is 0 Å². The van der Waals surface area contributed by atoms with Gasteiger partial charge in [0.15, 0.2) is 5.82 Å². The summed E-state index contributed by atoms with van der Waals surface area (Å²) in [4.78, 5) is 9.30. The van der Waals surface area contributed by atoms with E-state index >= 15 is 0 Å². The van der Waals surface area contributed by atoms with Gasteiger partial charge in [0.05, 0.1) is 0 Å². The molecular formula is C21H26N4. The summed E-state index contributed by atoms with van der Waals surface area (Å²) >= 11 is 0. The molecule has 4 nitrogen and oxygen atoms in total. The highest BCUT2D eigenvalue weighted by Gasteiger charge is 2.07. The van der Waals surface area contributed by atoms with Crippen molar-refractivity contribution in [3.63, 3.8) is 0 Å². The molecule has 0 unspecified atom stereocenters.